The first-order chi connectivity index (χ1) is 11.9. The molecule has 0 fully saturated rings. The third-order valence-electron chi connectivity index (χ3n) is 3.91. The van der Waals surface area contributed by atoms with Gasteiger partial charge in [-0.15, -0.1) is 0 Å². The van der Waals surface area contributed by atoms with Crippen LogP contribution in [0.15, 0.2) is 29.5 Å². The van der Waals surface area contributed by atoms with Gasteiger partial charge in [0.1, 0.15) is 12.4 Å². The van der Waals surface area contributed by atoms with Crippen LogP contribution in [0.3, 0.4) is 0 Å². The summed E-state index contributed by atoms with van der Waals surface area (Å²) in [6.45, 7) is 8.88. The molecule has 6 nitrogen and oxygen atoms in total. The number of nitrogens with zero attached hydrogens (tertiary/aromatic N) is 3. The fraction of sp³-hybridized carbons (Fsp3) is 0.471. The van der Waals surface area contributed by atoms with Crippen LogP contribution in [0.4, 0.5) is 0 Å². The van der Waals surface area contributed by atoms with Gasteiger partial charge in [-0.1, -0.05) is 31.4 Å². The Hall–Kier alpha value is -1.64. The maximum atomic E-state index is 12.6. The first kappa shape index (κ1) is 18.2. The van der Waals surface area contributed by atoms with E-state index in [1.807, 2.05) is 22.9 Å². The van der Waals surface area contributed by atoms with Crippen LogP contribution in [0.1, 0.15) is 10.4 Å². The summed E-state index contributed by atoms with van der Waals surface area (Å²) in [4.78, 5) is 21.3. The van der Waals surface area contributed by atoms with Crippen LogP contribution in [0.2, 0.25) is 25.7 Å². The van der Waals surface area contributed by atoms with Gasteiger partial charge in [-0.2, -0.15) is 0 Å². The lowest BCUT2D eigenvalue weighted by Crippen LogP contribution is -2.27. The number of nitrogens with one attached hydrogen (secondary N) is 1. The molecule has 0 saturated carbocycles. The molecule has 0 unspecified atom stereocenters. The second kappa shape index (κ2) is 7.71. The molecule has 0 radical (unpaired) electrons. The van der Waals surface area contributed by atoms with E-state index in [0.717, 1.165) is 36.0 Å². The highest BCUT2D eigenvalue weighted by Gasteiger charge is 2.19. The fourth-order valence-corrected chi connectivity index (χ4v) is 4.00. The first-order valence-corrected chi connectivity index (χ1v) is 13.1. The predicted molar refractivity (Wildman–Crippen MR) is 106 cm³/mol. The Kier molecular flexibility index (Phi) is 5.60. The van der Waals surface area contributed by atoms with Crippen molar-refractivity contribution in [1.29, 1.82) is 0 Å². The fourth-order valence-electron chi connectivity index (χ4n) is 2.52. The molecule has 0 aliphatic carbocycles. The zero-order valence-corrected chi connectivity index (χ0v) is 16.7. The van der Waals surface area contributed by atoms with Gasteiger partial charge in [-0.25, -0.2) is 4.98 Å². The molecule has 1 aliphatic heterocycles. The van der Waals surface area contributed by atoms with Gasteiger partial charge in [0.05, 0.1) is 12.1 Å². The summed E-state index contributed by atoms with van der Waals surface area (Å²) in [7, 11) is -1.11. The molecular weight excluding hydrogens is 352 g/mol. The Balaban J connectivity index is 1.74. The van der Waals surface area contributed by atoms with E-state index in [1.54, 1.807) is 18.0 Å². The van der Waals surface area contributed by atoms with Gasteiger partial charge >= 0.3 is 0 Å². The third kappa shape index (κ3) is 4.71. The van der Waals surface area contributed by atoms with Crippen molar-refractivity contribution in [3.05, 3.63) is 30.1 Å². The normalized spacial score (nSPS) is 14.8. The zero-order valence-electron chi connectivity index (χ0n) is 14.9. The van der Waals surface area contributed by atoms with Gasteiger partial charge in [-0.3, -0.25) is 9.79 Å². The number of amidine groups is 1. The van der Waals surface area contributed by atoms with E-state index in [1.165, 1.54) is 0 Å². The van der Waals surface area contributed by atoms with E-state index in [-0.39, 0.29) is 5.91 Å². The molecule has 2 aromatic rings. The van der Waals surface area contributed by atoms with Crippen molar-refractivity contribution in [3.63, 3.8) is 0 Å². The lowest BCUT2D eigenvalue weighted by Gasteiger charge is -2.15. The van der Waals surface area contributed by atoms with Crippen LogP contribution in [0.25, 0.3) is 11.0 Å². The molecule has 0 aromatic carbocycles. The van der Waals surface area contributed by atoms with Crippen molar-refractivity contribution in [3.8, 4) is 0 Å². The van der Waals surface area contributed by atoms with Gasteiger partial charge < -0.3 is 14.6 Å². The van der Waals surface area contributed by atoms with E-state index < -0.39 is 8.07 Å². The van der Waals surface area contributed by atoms with Crippen molar-refractivity contribution in [2.24, 2.45) is 4.99 Å². The minimum atomic E-state index is -1.11. The second-order valence-electron chi connectivity index (χ2n) is 7.22. The number of amides is 1. The zero-order chi connectivity index (χ0) is 17.9. The average Bonchev–Trinajstić information content (AvgIpc) is 3.18. The Morgan fingerprint density at radius 3 is 3.00 bits per heavy atom. The highest BCUT2D eigenvalue weighted by atomic mass is 32.2. The number of thioether (sulfide) groups is 1. The van der Waals surface area contributed by atoms with Crippen LogP contribution in [0.5, 0.6) is 0 Å². The SMILES string of the molecule is C[Si](C)(C)CCOCn1cc(C(=O)NC2=NCCS2)c2cccnc21. The molecule has 1 N–H and O–H groups in total. The van der Waals surface area contributed by atoms with E-state index in [4.69, 9.17) is 4.74 Å². The number of pyridine rings is 1. The molecule has 0 spiro atoms. The Labute approximate surface area is 153 Å². The van der Waals surface area contributed by atoms with Gasteiger partial charge in [0, 0.05) is 38.2 Å². The highest BCUT2D eigenvalue weighted by Crippen LogP contribution is 2.20. The first-order valence-electron chi connectivity index (χ1n) is 8.44. The summed E-state index contributed by atoms with van der Waals surface area (Å²) >= 11 is 1.57. The molecular formula is C17H24N4O2SSi. The number of aromatic nitrogens is 2. The monoisotopic (exact) mass is 376 g/mol. The molecule has 25 heavy (non-hydrogen) atoms. The maximum Gasteiger partial charge on any atom is 0.259 e. The van der Waals surface area contributed by atoms with E-state index in [9.17, 15) is 4.79 Å². The number of aliphatic imine (C=N–C) groups is 1. The number of rotatable bonds is 6. The molecule has 0 atom stereocenters. The second-order valence-corrected chi connectivity index (χ2v) is 13.9. The van der Waals surface area contributed by atoms with Crippen LogP contribution in [-0.4, -0.2) is 47.6 Å². The van der Waals surface area contributed by atoms with E-state index >= 15 is 0 Å². The summed E-state index contributed by atoms with van der Waals surface area (Å²) in [5.74, 6) is 0.774. The molecule has 8 heteroatoms. The predicted octanol–water partition coefficient (Wildman–Crippen LogP) is 3.18. The molecule has 1 amide bonds. The number of hydrogen-bond acceptors (Lipinski definition) is 5. The van der Waals surface area contributed by atoms with Crippen molar-refractivity contribution in [2.75, 3.05) is 18.9 Å². The lowest BCUT2D eigenvalue weighted by atomic mass is 10.2. The Morgan fingerprint density at radius 2 is 2.28 bits per heavy atom. The van der Waals surface area contributed by atoms with Crippen LogP contribution in [-0.2, 0) is 11.5 Å². The number of ether oxygens (including phenoxy) is 1. The lowest BCUT2D eigenvalue weighted by molar-refractivity contribution is 0.0894. The third-order valence-corrected chi connectivity index (χ3v) is 6.51. The molecule has 3 rings (SSSR count). The smallest absolute Gasteiger partial charge is 0.259 e. The molecule has 3 heterocycles. The number of carbonyl (C=O) groups excluding carboxylic acids is 1. The molecule has 134 valence electrons. The van der Waals surface area contributed by atoms with Crippen molar-refractivity contribution in [1.82, 2.24) is 14.9 Å². The van der Waals surface area contributed by atoms with Gasteiger partial charge in [0.25, 0.3) is 5.91 Å². The number of carbonyl (C=O) groups is 1. The van der Waals surface area contributed by atoms with E-state index in [2.05, 4.69) is 34.9 Å². The largest absolute Gasteiger partial charge is 0.361 e. The Morgan fingerprint density at radius 1 is 1.44 bits per heavy atom. The minimum Gasteiger partial charge on any atom is -0.361 e. The van der Waals surface area contributed by atoms with Crippen LogP contribution < -0.4 is 5.32 Å². The van der Waals surface area contributed by atoms with Gasteiger partial charge in [0.15, 0.2) is 5.17 Å². The molecule has 0 bridgehead atoms. The van der Waals surface area contributed by atoms with Crippen LogP contribution in [0, 0.1) is 0 Å². The Bertz CT molecular complexity index is 798. The summed E-state index contributed by atoms with van der Waals surface area (Å²) in [6, 6.07) is 4.88. The average molecular weight is 377 g/mol. The molecule has 2 aromatic heterocycles. The van der Waals surface area contributed by atoms with Gasteiger partial charge in [-0.05, 0) is 18.2 Å². The topological polar surface area (TPSA) is 68.5 Å². The van der Waals surface area contributed by atoms with Crippen LogP contribution >= 0.6 is 11.8 Å². The van der Waals surface area contributed by atoms with Crippen molar-refractivity contribution >= 4 is 41.9 Å². The minimum absolute atomic E-state index is 0.146. The number of hydrogen-bond donors (Lipinski definition) is 1. The summed E-state index contributed by atoms with van der Waals surface area (Å²) < 4.78 is 7.73. The number of fused-ring (bicyclic) bond motifs is 1. The summed E-state index contributed by atoms with van der Waals surface area (Å²) in [5, 5.41) is 4.41. The van der Waals surface area contributed by atoms with Crippen molar-refractivity contribution in [2.45, 2.75) is 32.4 Å². The molecule has 1 aliphatic rings. The maximum absolute atomic E-state index is 12.6. The van der Waals surface area contributed by atoms with Gasteiger partial charge in [0.2, 0.25) is 0 Å². The summed E-state index contributed by atoms with van der Waals surface area (Å²) in [6.07, 6.45) is 3.56. The molecule has 0 saturated heterocycles. The van der Waals surface area contributed by atoms with Crippen molar-refractivity contribution < 1.29 is 9.53 Å². The quantitative estimate of drug-likeness (QED) is 0.621. The standard InChI is InChI=1S/C17H24N4O2SSi/c1-25(2,3)10-8-23-12-21-11-14(13-5-4-6-18-15(13)21)16(22)20-17-19-7-9-24-17/h4-6,11H,7-10,12H2,1-3H3,(H,19,20,22). The summed E-state index contributed by atoms with van der Waals surface area (Å²) in [5.41, 5.74) is 1.37. The van der Waals surface area contributed by atoms with E-state index in [0.29, 0.717) is 17.5 Å². The highest BCUT2D eigenvalue weighted by molar-refractivity contribution is 8.14.